The van der Waals surface area contributed by atoms with Crippen molar-refractivity contribution < 1.29 is 0 Å². The summed E-state index contributed by atoms with van der Waals surface area (Å²) in [5, 5.41) is 0. The van der Waals surface area contributed by atoms with Crippen LogP contribution in [-0.4, -0.2) is 44.9 Å². The second-order valence-corrected chi connectivity index (χ2v) is 26.0. The lowest BCUT2D eigenvalue weighted by molar-refractivity contribution is 1.20. The molecule has 0 aliphatic carbocycles. The SMILES string of the molecule is Cc1cc(-c2ccccc2)ccn1.Cc1ccc(-c2ccccc2)cn1.Cc1ccc(-c2ccccc2)nc1.Cc1ccccn1.Cc1cccnc1-c1ccccc1.Cc1ccnc(-c2ccccc2)c1.Cc1ccncc1-c1ccccc1.Cc1cncc(-c2ccccc2)c1.Cc1cnccc1-c1ccccc1. The van der Waals surface area contributed by atoms with Gasteiger partial charge in [-0.25, -0.2) is 0 Å². The molecule has 0 fully saturated rings. The molecular weight excluding hydrogens is 1350 g/mol. The molecule has 9 nitrogen and oxygen atoms in total. The topological polar surface area (TPSA) is 116 Å². The van der Waals surface area contributed by atoms with E-state index in [1.54, 1.807) is 6.20 Å². The van der Waals surface area contributed by atoms with E-state index >= 15 is 0 Å². The van der Waals surface area contributed by atoms with Crippen LogP contribution >= 0.6 is 0 Å². The van der Waals surface area contributed by atoms with Crippen molar-refractivity contribution in [1.29, 1.82) is 0 Å². The van der Waals surface area contributed by atoms with Crippen LogP contribution in [-0.2, 0) is 0 Å². The third kappa shape index (κ3) is 28.4. The van der Waals surface area contributed by atoms with Gasteiger partial charge in [-0.15, -0.1) is 0 Å². The van der Waals surface area contributed by atoms with Gasteiger partial charge in [0.2, 0.25) is 0 Å². The first-order valence-electron chi connectivity index (χ1n) is 37.0. The normalized spacial score (nSPS) is 9.85. The predicted molar refractivity (Wildman–Crippen MR) is 464 cm³/mol. The maximum Gasteiger partial charge on any atom is 0.0731 e. The fourth-order valence-electron chi connectivity index (χ4n) is 11.1. The van der Waals surface area contributed by atoms with Crippen molar-refractivity contribution in [3.05, 3.63) is 465 Å². The van der Waals surface area contributed by atoms with Gasteiger partial charge in [0.15, 0.2) is 0 Å². The Morgan fingerprint density at radius 1 is 0.171 bits per heavy atom. The Kier molecular flexibility index (Phi) is 33.3. The Morgan fingerprint density at radius 2 is 0.658 bits per heavy atom. The van der Waals surface area contributed by atoms with Crippen LogP contribution in [0.1, 0.15) is 50.5 Å². The first kappa shape index (κ1) is 81.2. The number of pyridine rings is 9. The quantitative estimate of drug-likeness (QED) is 0.147. The fourth-order valence-corrected chi connectivity index (χ4v) is 11.1. The van der Waals surface area contributed by atoms with Crippen molar-refractivity contribution in [2.24, 2.45) is 0 Å². The van der Waals surface area contributed by atoms with E-state index < -0.39 is 0 Å². The predicted octanol–water partition coefficient (Wildman–Crippen LogP) is 25.8. The number of benzene rings is 8. The molecule has 9 aromatic heterocycles. The molecule has 0 aliphatic heterocycles. The third-order valence-corrected chi connectivity index (χ3v) is 17.1. The molecule has 0 aliphatic rings. The van der Waals surface area contributed by atoms with Crippen LogP contribution in [0.5, 0.6) is 0 Å². The van der Waals surface area contributed by atoms with Gasteiger partial charge in [0.25, 0.3) is 0 Å². The highest BCUT2D eigenvalue weighted by Crippen LogP contribution is 2.26. The number of nitrogens with zero attached hydrogens (tertiary/aromatic N) is 9. The van der Waals surface area contributed by atoms with E-state index in [0.29, 0.717) is 0 Å². The first-order chi connectivity index (χ1) is 54.3. The van der Waals surface area contributed by atoms with Gasteiger partial charge in [-0.05, 0) is 207 Å². The third-order valence-electron chi connectivity index (χ3n) is 17.1. The van der Waals surface area contributed by atoms with Gasteiger partial charge in [0.05, 0.1) is 17.1 Å². The van der Waals surface area contributed by atoms with Crippen LogP contribution in [0.15, 0.2) is 414 Å². The van der Waals surface area contributed by atoms with Crippen LogP contribution < -0.4 is 0 Å². The van der Waals surface area contributed by atoms with Gasteiger partial charge in [-0.2, -0.15) is 0 Å². The zero-order valence-electron chi connectivity index (χ0n) is 64.8. The highest BCUT2D eigenvalue weighted by molar-refractivity contribution is 5.69. The van der Waals surface area contributed by atoms with Crippen LogP contribution in [0.2, 0.25) is 0 Å². The second-order valence-electron chi connectivity index (χ2n) is 26.0. The van der Waals surface area contributed by atoms with Crippen molar-refractivity contribution in [2.75, 3.05) is 0 Å². The molecule has 0 radical (unpaired) electrons. The molecule has 9 heteroatoms. The molecule has 0 atom stereocenters. The number of hydrogen-bond donors (Lipinski definition) is 0. The Morgan fingerprint density at radius 3 is 1.14 bits per heavy atom. The maximum atomic E-state index is 4.35. The Balaban J connectivity index is 0.000000144. The molecule has 17 rings (SSSR count). The van der Waals surface area contributed by atoms with Crippen molar-refractivity contribution in [3.8, 4) is 89.4 Å². The van der Waals surface area contributed by atoms with Gasteiger partial charge in [-0.3, -0.25) is 44.9 Å². The maximum absolute atomic E-state index is 4.35. The summed E-state index contributed by atoms with van der Waals surface area (Å²) in [6.07, 6.45) is 22.3. The van der Waals surface area contributed by atoms with Crippen LogP contribution in [0, 0.1) is 62.3 Å². The summed E-state index contributed by atoms with van der Waals surface area (Å²) in [4.78, 5) is 37.8. The van der Waals surface area contributed by atoms with Gasteiger partial charge in [0, 0.05) is 125 Å². The van der Waals surface area contributed by atoms with Gasteiger partial charge < -0.3 is 0 Å². The molecule has 0 bridgehead atoms. The number of hydrogen-bond acceptors (Lipinski definition) is 9. The van der Waals surface area contributed by atoms with Crippen molar-refractivity contribution in [3.63, 3.8) is 0 Å². The lowest BCUT2D eigenvalue weighted by Crippen LogP contribution is -1.85. The van der Waals surface area contributed by atoms with E-state index in [9.17, 15) is 0 Å². The van der Waals surface area contributed by atoms with Gasteiger partial charge in [0.1, 0.15) is 0 Å². The smallest absolute Gasteiger partial charge is 0.0731 e. The molecule has 0 saturated heterocycles. The average molecular weight is 1450 g/mol. The zero-order valence-corrected chi connectivity index (χ0v) is 64.8. The van der Waals surface area contributed by atoms with Crippen LogP contribution in [0.3, 0.4) is 0 Å². The average Bonchev–Trinajstić information content (AvgIpc) is 0.862. The van der Waals surface area contributed by atoms with Crippen molar-refractivity contribution in [1.82, 2.24) is 44.9 Å². The van der Waals surface area contributed by atoms with E-state index in [2.05, 4.69) is 225 Å². The standard InChI is InChI=1S/8C12H11N.C6H7N/c1-10-6-5-9-13-12(10)11-7-3-2-4-8-11;1-10-7-12(9-13-8-10)11-5-3-2-4-6-11;1-10-9-13-8-7-12(10)11-5-3-2-4-6-11;1-10-9-12(7-8-13-10)11-5-3-2-4-6-11;1-10-7-8-13-9-12(10)11-5-3-2-4-6-11;1-10-7-8-12(9-13-10)11-5-3-2-4-6-11;1-10-7-8-13-12(9-10)11-5-3-2-4-6-11;1-10-7-8-12(13-9-10)11-5-3-2-4-6-11;1-6-4-2-3-5-7-6/h8*2-9H,1H3;2-5H,1H3. The van der Waals surface area contributed by atoms with E-state index in [1.807, 2.05) is 290 Å². The number of aromatic nitrogens is 9. The molecule has 111 heavy (non-hydrogen) atoms. The molecule has 0 N–H and O–H groups in total. The zero-order chi connectivity index (χ0) is 77.9. The van der Waals surface area contributed by atoms with Crippen LogP contribution in [0.4, 0.5) is 0 Å². The fraction of sp³-hybridized carbons (Fsp3) is 0.0882. The molecule has 9 heterocycles. The Bertz CT molecular complexity index is 4930. The first-order valence-corrected chi connectivity index (χ1v) is 37.0. The Hall–Kier alpha value is -13.9. The molecule has 0 saturated carbocycles. The second kappa shape index (κ2) is 45.6. The minimum Gasteiger partial charge on any atom is -0.264 e. The van der Waals surface area contributed by atoms with Crippen molar-refractivity contribution in [2.45, 2.75) is 62.3 Å². The summed E-state index contributed by atoms with van der Waals surface area (Å²) in [6, 6.07) is 115. The molecular formula is C102H95N9. The lowest BCUT2D eigenvalue weighted by atomic mass is 10.0. The molecule has 0 spiro atoms. The highest BCUT2D eigenvalue weighted by atomic mass is 14.7. The molecule has 0 unspecified atom stereocenters. The molecule has 548 valence electrons. The van der Waals surface area contributed by atoms with Crippen molar-refractivity contribution >= 4 is 0 Å². The number of aryl methyl sites for hydroxylation is 9. The molecule has 0 amide bonds. The summed E-state index contributed by atoms with van der Waals surface area (Å²) in [5.74, 6) is 0. The monoisotopic (exact) mass is 1450 g/mol. The summed E-state index contributed by atoms with van der Waals surface area (Å²) in [7, 11) is 0. The number of rotatable bonds is 8. The minimum atomic E-state index is 1.03. The molecule has 8 aromatic carbocycles. The molecule has 17 aromatic rings. The largest absolute Gasteiger partial charge is 0.264 e. The summed E-state index contributed by atoms with van der Waals surface area (Å²) >= 11 is 0. The van der Waals surface area contributed by atoms with Gasteiger partial charge in [-0.1, -0.05) is 267 Å². The van der Waals surface area contributed by atoms with E-state index in [1.165, 1.54) is 106 Å². The van der Waals surface area contributed by atoms with Gasteiger partial charge >= 0.3 is 0 Å². The van der Waals surface area contributed by atoms with E-state index in [4.69, 9.17) is 0 Å². The lowest BCUT2D eigenvalue weighted by Gasteiger charge is -2.03. The van der Waals surface area contributed by atoms with Crippen LogP contribution in [0.25, 0.3) is 89.4 Å². The minimum absolute atomic E-state index is 1.03. The summed E-state index contributed by atoms with van der Waals surface area (Å²) in [6.45, 7) is 18.4. The summed E-state index contributed by atoms with van der Waals surface area (Å²) in [5.41, 5.74) is 29.4. The summed E-state index contributed by atoms with van der Waals surface area (Å²) < 4.78 is 0. The van der Waals surface area contributed by atoms with E-state index in [0.717, 1.165) is 34.2 Å². The van der Waals surface area contributed by atoms with E-state index in [-0.39, 0.29) is 0 Å². The highest BCUT2D eigenvalue weighted by Gasteiger charge is 2.05. The Labute approximate surface area is 657 Å².